The molecule has 1 saturated heterocycles. The van der Waals surface area contributed by atoms with Crippen LogP contribution in [0.2, 0.25) is 0 Å². The van der Waals surface area contributed by atoms with Gasteiger partial charge in [-0.1, -0.05) is 13.8 Å². The number of hydrogen-bond donors (Lipinski definition) is 0. The van der Waals surface area contributed by atoms with Crippen LogP contribution in [0.1, 0.15) is 34.6 Å². The lowest BCUT2D eigenvalue weighted by atomic mass is 10.0. The molecule has 1 aliphatic rings. The van der Waals surface area contributed by atoms with Gasteiger partial charge in [0.2, 0.25) is 0 Å². The SMILES string of the molecule is CC(C)COc1ccc(N2CCN(C(C)(C)C)CC2)cc1. The Morgan fingerprint density at radius 1 is 1.00 bits per heavy atom. The number of anilines is 1. The molecular formula is C18H30N2O. The van der Waals surface area contributed by atoms with Crippen LogP contribution in [0.15, 0.2) is 24.3 Å². The van der Waals surface area contributed by atoms with Gasteiger partial charge in [0.25, 0.3) is 0 Å². The minimum absolute atomic E-state index is 0.278. The molecule has 0 atom stereocenters. The molecule has 118 valence electrons. The number of piperazine rings is 1. The van der Waals surface area contributed by atoms with Crippen LogP contribution in [-0.4, -0.2) is 43.2 Å². The lowest BCUT2D eigenvalue weighted by Gasteiger charge is -2.43. The summed E-state index contributed by atoms with van der Waals surface area (Å²) in [7, 11) is 0. The van der Waals surface area contributed by atoms with Crippen LogP contribution in [0.25, 0.3) is 0 Å². The summed E-state index contributed by atoms with van der Waals surface area (Å²) in [4.78, 5) is 5.03. The van der Waals surface area contributed by atoms with E-state index in [4.69, 9.17) is 4.74 Å². The zero-order chi connectivity index (χ0) is 15.5. The summed E-state index contributed by atoms with van der Waals surface area (Å²) in [5.74, 6) is 1.54. The first-order chi connectivity index (χ1) is 9.86. The van der Waals surface area contributed by atoms with E-state index in [0.29, 0.717) is 5.92 Å². The molecule has 0 amide bonds. The molecule has 0 aliphatic carbocycles. The Labute approximate surface area is 129 Å². The van der Waals surface area contributed by atoms with Gasteiger partial charge in [0.05, 0.1) is 6.61 Å². The smallest absolute Gasteiger partial charge is 0.119 e. The lowest BCUT2D eigenvalue weighted by molar-refractivity contribution is 0.128. The maximum absolute atomic E-state index is 5.74. The summed E-state index contributed by atoms with van der Waals surface area (Å²) in [5.41, 5.74) is 1.58. The van der Waals surface area contributed by atoms with Gasteiger partial charge in [-0.2, -0.15) is 0 Å². The van der Waals surface area contributed by atoms with Crippen LogP contribution < -0.4 is 9.64 Å². The zero-order valence-corrected chi connectivity index (χ0v) is 14.2. The molecule has 0 N–H and O–H groups in total. The number of benzene rings is 1. The Bertz CT molecular complexity index is 426. The molecular weight excluding hydrogens is 260 g/mol. The quantitative estimate of drug-likeness (QED) is 0.842. The second kappa shape index (κ2) is 6.69. The topological polar surface area (TPSA) is 15.7 Å². The molecule has 0 saturated carbocycles. The van der Waals surface area contributed by atoms with Crippen molar-refractivity contribution in [2.45, 2.75) is 40.2 Å². The highest BCUT2D eigenvalue weighted by Gasteiger charge is 2.25. The van der Waals surface area contributed by atoms with Gasteiger partial charge in [-0.3, -0.25) is 4.90 Å². The van der Waals surface area contributed by atoms with Crippen LogP contribution in [0.4, 0.5) is 5.69 Å². The molecule has 0 bridgehead atoms. The van der Waals surface area contributed by atoms with E-state index in [9.17, 15) is 0 Å². The van der Waals surface area contributed by atoms with E-state index < -0.39 is 0 Å². The number of nitrogens with zero attached hydrogens (tertiary/aromatic N) is 2. The van der Waals surface area contributed by atoms with Gasteiger partial charge < -0.3 is 9.64 Å². The highest BCUT2D eigenvalue weighted by molar-refractivity contribution is 5.49. The van der Waals surface area contributed by atoms with Gasteiger partial charge in [-0.15, -0.1) is 0 Å². The van der Waals surface area contributed by atoms with Crippen molar-refractivity contribution in [1.29, 1.82) is 0 Å². The molecule has 0 unspecified atom stereocenters. The standard InChI is InChI=1S/C18H30N2O/c1-15(2)14-21-17-8-6-16(7-9-17)19-10-12-20(13-11-19)18(3,4)5/h6-9,15H,10-14H2,1-5H3. The molecule has 1 aliphatic heterocycles. The fourth-order valence-electron chi connectivity index (χ4n) is 2.65. The van der Waals surface area contributed by atoms with Crippen LogP contribution >= 0.6 is 0 Å². The van der Waals surface area contributed by atoms with E-state index >= 15 is 0 Å². The fourth-order valence-corrected chi connectivity index (χ4v) is 2.65. The van der Waals surface area contributed by atoms with Crippen molar-refractivity contribution < 1.29 is 4.74 Å². The predicted molar refractivity (Wildman–Crippen MR) is 90.3 cm³/mol. The summed E-state index contributed by atoms with van der Waals surface area (Å²) in [6.07, 6.45) is 0. The summed E-state index contributed by atoms with van der Waals surface area (Å²) in [6.45, 7) is 16.5. The van der Waals surface area contributed by atoms with Crippen LogP contribution in [0.3, 0.4) is 0 Å². The van der Waals surface area contributed by atoms with Crippen molar-refractivity contribution in [1.82, 2.24) is 4.90 Å². The number of hydrogen-bond acceptors (Lipinski definition) is 3. The molecule has 3 heteroatoms. The number of ether oxygens (including phenoxy) is 1. The van der Waals surface area contributed by atoms with E-state index in [1.807, 2.05) is 0 Å². The average molecular weight is 290 g/mol. The molecule has 0 radical (unpaired) electrons. The molecule has 1 aromatic carbocycles. The highest BCUT2D eigenvalue weighted by Crippen LogP contribution is 2.23. The fraction of sp³-hybridized carbons (Fsp3) is 0.667. The van der Waals surface area contributed by atoms with Gasteiger partial charge in [0.15, 0.2) is 0 Å². The molecule has 3 nitrogen and oxygen atoms in total. The lowest BCUT2D eigenvalue weighted by Crippen LogP contribution is -2.53. The normalized spacial score (nSPS) is 17.3. The Balaban J connectivity index is 1.89. The predicted octanol–water partition coefficient (Wildman–Crippen LogP) is 3.64. The summed E-state index contributed by atoms with van der Waals surface area (Å²) in [5, 5.41) is 0. The third kappa shape index (κ3) is 4.63. The van der Waals surface area contributed by atoms with Gasteiger partial charge >= 0.3 is 0 Å². The van der Waals surface area contributed by atoms with E-state index in [2.05, 4.69) is 68.7 Å². The number of rotatable bonds is 4. The molecule has 1 aromatic rings. The van der Waals surface area contributed by atoms with Crippen molar-refractivity contribution >= 4 is 5.69 Å². The van der Waals surface area contributed by atoms with Gasteiger partial charge in [-0.05, 0) is 51.0 Å². The first-order valence-corrected chi connectivity index (χ1v) is 8.09. The monoisotopic (exact) mass is 290 g/mol. The van der Waals surface area contributed by atoms with Gasteiger partial charge in [0.1, 0.15) is 5.75 Å². The van der Waals surface area contributed by atoms with Crippen molar-refractivity contribution in [3.63, 3.8) is 0 Å². The molecule has 1 fully saturated rings. The third-order valence-corrected chi connectivity index (χ3v) is 4.01. The van der Waals surface area contributed by atoms with Crippen molar-refractivity contribution in [3.05, 3.63) is 24.3 Å². The van der Waals surface area contributed by atoms with E-state index in [1.54, 1.807) is 0 Å². The molecule has 2 rings (SSSR count). The molecule has 21 heavy (non-hydrogen) atoms. The summed E-state index contributed by atoms with van der Waals surface area (Å²) < 4.78 is 5.74. The van der Waals surface area contributed by atoms with Crippen LogP contribution in [-0.2, 0) is 0 Å². The molecule has 1 heterocycles. The van der Waals surface area contributed by atoms with E-state index in [1.165, 1.54) is 5.69 Å². The van der Waals surface area contributed by atoms with Gasteiger partial charge in [0, 0.05) is 37.4 Å². The van der Waals surface area contributed by atoms with Crippen LogP contribution in [0.5, 0.6) is 5.75 Å². The van der Waals surface area contributed by atoms with Crippen molar-refractivity contribution in [2.75, 3.05) is 37.7 Å². The Hall–Kier alpha value is -1.22. The van der Waals surface area contributed by atoms with E-state index in [0.717, 1.165) is 38.5 Å². The third-order valence-electron chi connectivity index (χ3n) is 4.01. The zero-order valence-electron chi connectivity index (χ0n) is 14.2. The Morgan fingerprint density at radius 3 is 2.05 bits per heavy atom. The minimum atomic E-state index is 0.278. The molecule has 0 aromatic heterocycles. The first kappa shape index (κ1) is 16.2. The Kier molecular flexibility index (Phi) is 5.15. The van der Waals surface area contributed by atoms with E-state index in [-0.39, 0.29) is 5.54 Å². The second-order valence-corrected chi connectivity index (χ2v) is 7.34. The van der Waals surface area contributed by atoms with Crippen molar-refractivity contribution in [2.24, 2.45) is 5.92 Å². The first-order valence-electron chi connectivity index (χ1n) is 8.09. The second-order valence-electron chi connectivity index (χ2n) is 7.34. The molecule has 0 spiro atoms. The van der Waals surface area contributed by atoms with Gasteiger partial charge in [-0.25, -0.2) is 0 Å². The highest BCUT2D eigenvalue weighted by atomic mass is 16.5. The average Bonchev–Trinajstić information content (AvgIpc) is 2.45. The minimum Gasteiger partial charge on any atom is -0.493 e. The largest absolute Gasteiger partial charge is 0.493 e. The van der Waals surface area contributed by atoms with Crippen LogP contribution in [0, 0.1) is 5.92 Å². The van der Waals surface area contributed by atoms with Crippen molar-refractivity contribution in [3.8, 4) is 5.75 Å². The Morgan fingerprint density at radius 2 is 1.57 bits per heavy atom. The summed E-state index contributed by atoms with van der Waals surface area (Å²) >= 11 is 0. The maximum atomic E-state index is 5.74. The summed E-state index contributed by atoms with van der Waals surface area (Å²) in [6, 6.07) is 8.55. The maximum Gasteiger partial charge on any atom is 0.119 e.